The molecular formula is C14H16N2O2S. The lowest BCUT2D eigenvalue weighted by atomic mass is 10.3. The van der Waals surface area contributed by atoms with Gasteiger partial charge in [0.1, 0.15) is 5.75 Å². The first-order valence-electron chi connectivity index (χ1n) is 5.94. The predicted octanol–water partition coefficient (Wildman–Crippen LogP) is 2.52. The number of carbonyl (C=O) groups excluding carboxylic acids is 1. The van der Waals surface area contributed by atoms with Gasteiger partial charge in [-0.05, 0) is 30.6 Å². The fourth-order valence-electron chi connectivity index (χ4n) is 1.74. The van der Waals surface area contributed by atoms with E-state index in [1.54, 1.807) is 35.6 Å². The third-order valence-electron chi connectivity index (χ3n) is 2.60. The minimum Gasteiger partial charge on any atom is -0.506 e. The van der Waals surface area contributed by atoms with E-state index in [-0.39, 0.29) is 18.2 Å². The van der Waals surface area contributed by atoms with Crippen LogP contribution >= 0.6 is 11.3 Å². The van der Waals surface area contributed by atoms with E-state index in [0.29, 0.717) is 5.69 Å². The number of phenolic OH excluding ortho intramolecular Hbond substituents is 1. The van der Waals surface area contributed by atoms with Crippen LogP contribution in [0.2, 0.25) is 0 Å². The molecule has 2 aromatic rings. The Morgan fingerprint density at radius 3 is 2.79 bits per heavy atom. The molecule has 2 N–H and O–H groups in total. The molecule has 0 saturated carbocycles. The van der Waals surface area contributed by atoms with Crippen molar-refractivity contribution in [3.05, 3.63) is 46.7 Å². The van der Waals surface area contributed by atoms with Crippen molar-refractivity contribution in [3.63, 3.8) is 0 Å². The van der Waals surface area contributed by atoms with Crippen LogP contribution in [0.3, 0.4) is 0 Å². The summed E-state index contributed by atoms with van der Waals surface area (Å²) >= 11 is 1.67. The number of thiophene rings is 1. The molecule has 0 saturated heterocycles. The lowest BCUT2D eigenvalue weighted by Crippen LogP contribution is -2.29. The molecule has 0 fully saturated rings. The van der Waals surface area contributed by atoms with Crippen LogP contribution in [0.1, 0.15) is 4.88 Å². The third kappa shape index (κ3) is 4.08. The summed E-state index contributed by atoms with van der Waals surface area (Å²) in [7, 11) is 1.89. The number of phenols is 1. The zero-order valence-corrected chi connectivity index (χ0v) is 11.5. The van der Waals surface area contributed by atoms with Crippen molar-refractivity contribution in [3.8, 4) is 5.75 Å². The maximum absolute atomic E-state index is 11.8. The molecule has 5 heteroatoms. The van der Waals surface area contributed by atoms with E-state index in [0.717, 1.165) is 6.54 Å². The molecule has 1 aromatic carbocycles. The van der Waals surface area contributed by atoms with Gasteiger partial charge in [0.05, 0.1) is 12.2 Å². The number of nitrogens with one attached hydrogen (secondary N) is 1. The smallest absolute Gasteiger partial charge is 0.238 e. The first-order valence-corrected chi connectivity index (χ1v) is 6.82. The number of nitrogens with zero attached hydrogens (tertiary/aromatic N) is 1. The number of carbonyl (C=O) groups is 1. The van der Waals surface area contributed by atoms with Crippen molar-refractivity contribution < 1.29 is 9.90 Å². The lowest BCUT2D eigenvalue weighted by molar-refractivity contribution is -0.117. The number of hydrogen-bond acceptors (Lipinski definition) is 4. The Kier molecular flexibility index (Phi) is 4.54. The second kappa shape index (κ2) is 6.36. The van der Waals surface area contributed by atoms with Gasteiger partial charge >= 0.3 is 0 Å². The molecule has 0 aliphatic carbocycles. The second-order valence-electron chi connectivity index (χ2n) is 4.32. The summed E-state index contributed by atoms with van der Waals surface area (Å²) < 4.78 is 0. The highest BCUT2D eigenvalue weighted by Crippen LogP contribution is 2.21. The maximum atomic E-state index is 11.8. The van der Waals surface area contributed by atoms with Crippen LogP contribution in [0.5, 0.6) is 5.75 Å². The monoisotopic (exact) mass is 276 g/mol. The summed E-state index contributed by atoms with van der Waals surface area (Å²) in [4.78, 5) is 15.0. The van der Waals surface area contributed by atoms with Gasteiger partial charge in [-0.2, -0.15) is 0 Å². The lowest BCUT2D eigenvalue weighted by Gasteiger charge is -2.15. The Balaban J connectivity index is 1.86. The van der Waals surface area contributed by atoms with Crippen molar-refractivity contribution in [2.24, 2.45) is 0 Å². The molecule has 0 unspecified atom stereocenters. The average Bonchev–Trinajstić information content (AvgIpc) is 2.84. The average molecular weight is 276 g/mol. The zero-order chi connectivity index (χ0) is 13.7. The van der Waals surface area contributed by atoms with Gasteiger partial charge in [-0.3, -0.25) is 9.69 Å². The van der Waals surface area contributed by atoms with E-state index in [9.17, 15) is 9.90 Å². The van der Waals surface area contributed by atoms with Gasteiger partial charge in [-0.1, -0.05) is 18.2 Å². The van der Waals surface area contributed by atoms with E-state index >= 15 is 0 Å². The Bertz CT molecular complexity index is 540. The van der Waals surface area contributed by atoms with E-state index in [2.05, 4.69) is 5.32 Å². The molecule has 1 aromatic heterocycles. The van der Waals surface area contributed by atoms with E-state index in [1.165, 1.54) is 4.88 Å². The molecule has 0 aliphatic rings. The summed E-state index contributed by atoms with van der Waals surface area (Å²) in [5.41, 5.74) is 0.442. The van der Waals surface area contributed by atoms with Gasteiger partial charge in [0.2, 0.25) is 5.91 Å². The highest BCUT2D eigenvalue weighted by Gasteiger charge is 2.09. The first kappa shape index (κ1) is 13.6. The minimum atomic E-state index is -0.138. The molecule has 0 atom stereocenters. The number of rotatable bonds is 5. The largest absolute Gasteiger partial charge is 0.506 e. The molecule has 0 bridgehead atoms. The standard InChI is InChI=1S/C14H16N2O2S/c1-16(9-11-5-4-8-19-11)10-14(18)15-12-6-2-3-7-13(12)17/h2-8,17H,9-10H2,1H3,(H,15,18). The summed E-state index contributed by atoms with van der Waals surface area (Å²) in [6.45, 7) is 1.03. The Labute approximate surface area is 116 Å². The Hall–Kier alpha value is -1.85. The summed E-state index contributed by atoms with van der Waals surface area (Å²) in [5, 5.41) is 14.3. The summed E-state index contributed by atoms with van der Waals surface area (Å²) in [5.74, 6) is -0.0580. The molecule has 1 amide bonds. The van der Waals surface area contributed by atoms with Crippen molar-refractivity contribution in [1.82, 2.24) is 4.90 Å². The fourth-order valence-corrected chi connectivity index (χ4v) is 2.52. The van der Waals surface area contributed by atoms with Crippen LogP contribution in [0.25, 0.3) is 0 Å². The number of para-hydroxylation sites is 2. The molecule has 1 heterocycles. The van der Waals surface area contributed by atoms with Gasteiger partial charge in [-0.25, -0.2) is 0 Å². The number of amides is 1. The highest BCUT2D eigenvalue weighted by atomic mass is 32.1. The highest BCUT2D eigenvalue weighted by molar-refractivity contribution is 7.09. The number of likely N-dealkylation sites (N-methyl/N-ethyl adjacent to an activating group) is 1. The number of anilines is 1. The Morgan fingerprint density at radius 1 is 1.32 bits per heavy atom. The van der Waals surface area contributed by atoms with Gasteiger partial charge in [0.15, 0.2) is 0 Å². The first-order chi connectivity index (χ1) is 9.15. The summed E-state index contributed by atoms with van der Waals surface area (Å²) in [6, 6.07) is 10.7. The maximum Gasteiger partial charge on any atom is 0.238 e. The molecule has 0 radical (unpaired) electrons. The number of hydrogen-bond donors (Lipinski definition) is 2. The fraction of sp³-hybridized carbons (Fsp3) is 0.214. The Morgan fingerprint density at radius 2 is 2.11 bits per heavy atom. The molecule has 19 heavy (non-hydrogen) atoms. The second-order valence-corrected chi connectivity index (χ2v) is 5.35. The van der Waals surface area contributed by atoms with Crippen LogP contribution in [-0.4, -0.2) is 29.5 Å². The van der Waals surface area contributed by atoms with Gasteiger partial charge < -0.3 is 10.4 Å². The van der Waals surface area contributed by atoms with Gasteiger partial charge in [0, 0.05) is 11.4 Å². The number of aromatic hydroxyl groups is 1. The molecule has 0 aliphatic heterocycles. The van der Waals surface area contributed by atoms with Crippen LogP contribution in [0.15, 0.2) is 41.8 Å². The van der Waals surface area contributed by atoms with E-state index in [4.69, 9.17) is 0 Å². The molecule has 100 valence electrons. The van der Waals surface area contributed by atoms with Crippen molar-refractivity contribution in [2.75, 3.05) is 18.9 Å². The van der Waals surface area contributed by atoms with Crippen LogP contribution in [-0.2, 0) is 11.3 Å². The topological polar surface area (TPSA) is 52.6 Å². The predicted molar refractivity (Wildman–Crippen MR) is 77.4 cm³/mol. The van der Waals surface area contributed by atoms with Crippen LogP contribution in [0.4, 0.5) is 5.69 Å². The van der Waals surface area contributed by atoms with Gasteiger partial charge in [-0.15, -0.1) is 11.3 Å². The third-order valence-corrected chi connectivity index (χ3v) is 3.46. The molecule has 2 rings (SSSR count). The van der Waals surface area contributed by atoms with Crippen molar-refractivity contribution in [1.29, 1.82) is 0 Å². The molecular weight excluding hydrogens is 260 g/mol. The quantitative estimate of drug-likeness (QED) is 0.825. The summed E-state index contributed by atoms with van der Waals surface area (Å²) in [6.07, 6.45) is 0. The van der Waals surface area contributed by atoms with E-state index < -0.39 is 0 Å². The zero-order valence-electron chi connectivity index (χ0n) is 10.7. The van der Waals surface area contributed by atoms with Gasteiger partial charge in [0.25, 0.3) is 0 Å². The van der Waals surface area contributed by atoms with Crippen LogP contribution < -0.4 is 5.32 Å². The molecule has 0 spiro atoms. The minimum absolute atomic E-state index is 0.0803. The molecule has 4 nitrogen and oxygen atoms in total. The normalized spacial score (nSPS) is 10.6. The SMILES string of the molecule is CN(CC(=O)Nc1ccccc1O)Cc1cccs1. The van der Waals surface area contributed by atoms with Crippen LogP contribution in [0, 0.1) is 0 Å². The van der Waals surface area contributed by atoms with E-state index in [1.807, 2.05) is 29.5 Å². The number of benzene rings is 1. The van der Waals surface area contributed by atoms with Crippen molar-refractivity contribution in [2.45, 2.75) is 6.54 Å². The van der Waals surface area contributed by atoms with Crippen molar-refractivity contribution >= 4 is 22.9 Å².